The van der Waals surface area contributed by atoms with E-state index in [2.05, 4.69) is 37.3 Å². The first-order chi connectivity index (χ1) is 9.81. The second kappa shape index (κ2) is 6.61. The minimum atomic E-state index is 0.965. The van der Waals surface area contributed by atoms with Crippen molar-refractivity contribution in [2.24, 2.45) is 11.8 Å². The van der Waals surface area contributed by atoms with Crippen molar-refractivity contribution in [2.45, 2.75) is 64.7 Å². The first-order valence-corrected chi connectivity index (χ1v) is 8.57. The number of aryl methyl sites for hydroxylation is 1. The quantitative estimate of drug-likeness (QED) is 0.617. The molecular formula is C20H28. The lowest BCUT2D eigenvalue weighted by atomic mass is 9.77. The number of hydrogen-bond donors (Lipinski definition) is 0. The monoisotopic (exact) mass is 268 g/mol. The third kappa shape index (κ3) is 3.53. The predicted molar refractivity (Wildman–Crippen MR) is 87.7 cm³/mol. The summed E-state index contributed by atoms with van der Waals surface area (Å²) in [5.41, 5.74) is 4.40. The Bertz CT molecular complexity index is 445. The Labute approximate surface area is 124 Å². The van der Waals surface area contributed by atoms with Gasteiger partial charge in [-0.05, 0) is 55.6 Å². The third-order valence-electron chi connectivity index (χ3n) is 5.33. The van der Waals surface area contributed by atoms with Crippen molar-refractivity contribution in [3.8, 4) is 0 Å². The first kappa shape index (κ1) is 13.9. The molecule has 1 atom stereocenters. The van der Waals surface area contributed by atoms with E-state index < -0.39 is 0 Å². The Morgan fingerprint density at radius 2 is 1.65 bits per heavy atom. The zero-order chi connectivity index (χ0) is 13.8. The molecule has 0 heterocycles. The number of hydrogen-bond acceptors (Lipinski definition) is 0. The summed E-state index contributed by atoms with van der Waals surface area (Å²) in [5.74, 6) is 2.01. The van der Waals surface area contributed by atoms with Crippen LogP contribution >= 0.6 is 0 Å². The van der Waals surface area contributed by atoms with Gasteiger partial charge in [0.25, 0.3) is 0 Å². The number of allylic oxidation sites excluding steroid dienone is 2. The van der Waals surface area contributed by atoms with Crippen molar-refractivity contribution in [3.05, 3.63) is 41.5 Å². The molecule has 0 N–H and O–H groups in total. The van der Waals surface area contributed by atoms with E-state index in [1.807, 2.05) is 0 Å². The van der Waals surface area contributed by atoms with Crippen LogP contribution in [0.2, 0.25) is 0 Å². The van der Waals surface area contributed by atoms with E-state index >= 15 is 0 Å². The Hall–Kier alpha value is -1.04. The minimum absolute atomic E-state index is 0.965. The Morgan fingerprint density at radius 3 is 2.30 bits per heavy atom. The van der Waals surface area contributed by atoms with E-state index in [0.29, 0.717) is 0 Å². The topological polar surface area (TPSA) is 0 Å². The predicted octanol–water partition coefficient (Wildman–Crippen LogP) is 6.15. The fraction of sp³-hybridized carbons (Fsp3) is 0.600. The largest absolute Gasteiger partial charge is 0.0804 e. The van der Waals surface area contributed by atoms with Crippen LogP contribution in [0.1, 0.15) is 68.9 Å². The smallest absolute Gasteiger partial charge is 0.0228 e. The van der Waals surface area contributed by atoms with Gasteiger partial charge in [0.05, 0.1) is 0 Å². The van der Waals surface area contributed by atoms with Gasteiger partial charge in [0.2, 0.25) is 0 Å². The van der Waals surface area contributed by atoms with Crippen LogP contribution in [-0.2, 0) is 0 Å². The summed E-state index contributed by atoms with van der Waals surface area (Å²) in [6, 6.07) is 9.07. The van der Waals surface area contributed by atoms with E-state index in [1.54, 1.807) is 5.57 Å². The van der Waals surface area contributed by atoms with Gasteiger partial charge in [-0.1, -0.05) is 68.0 Å². The van der Waals surface area contributed by atoms with Gasteiger partial charge in [-0.15, -0.1) is 0 Å². The fourth-order valence-corrected chi connectivity index (χ4v) is 4.03. The second-order valence-electron chi connectivity index (χ2n) is 6.98. The molecule has 0 nitrogen and oxygen atoms in total. The SMILES string of the molecule is Cc1ccc(C2=CCC(CC3CCCCC3)CC2)cc1. The van der Waals surface area contributed by atoms with Crippen LogP contribution in [0.4, 0.5) is 0 Å². The molecule has 1 unspecified atom stereocenters. The van der Waals surface area contributed by atoms with Crippen molar-refractivity contribution < 1.29 is 0 Å². The number of benzene rings is 1. The van der Waals surface area contributed by atoms with E-state index in [4.69, 9.17) is 0 Å². The minimum Gasteiger partial charge on any atom is -0.0804 e. The van der Waals surface area contributed by atoms with E-state index in [1.165, 1.54) is 68.9 Å². The molecule has 1 aromatic carbocycles. The molecule has 2 aliphatic rings. The van der Waals surface area contributed by atoms with Gasteiger partial charge in [0.1, 0.15) is 0 Å². The van der Waals surface area contributed by atoms with Crippen molar-refractivity contribution in [2.75, 3.05) is 0 Å². The molecule has 0 amide bonds. The van der Waals surface area contributed by atoms with Crippen molar-refractivity contribution in [3.63, 3.8) is 0 Å². The van der Waals surface area contributed by atoms with Gasteiger partial charge < -0.3 is 0 Å². The summed E-state index contributed by atoms with van der Waals surface area (Å²) < 4.78 is 0. The van der Waals surface area contributed by atoms with Crippen LogP contribution in [0.3, 0.4) is 0 Å². The molecule has 1 fully saturated rings. The Morgan fingerprint density at radius 1 is 0.900 bits per heavy atom. The highest BCUT2D eigenvalue weighted by Gasteiger charge is 2.21. The van der Waals surface area contributed by atoms with Crippen molar-refractivity contribution in [1.29, 1.82) is 0 Å². The molecular weight excluding hydrogens is 240 g/mol. The van der Waals surface area contributed by atoms with Gasteiger partial charge in [0, 0.05) is 0 Å². The molecule has 1 aromatic rings. The standard InChI is InChI=1S/C20H28/c1-16-7-11-19(12-8-16)20-13-9-18(10-14-20)15-17-5-3-2-4-6-17/h7-8,11-13,17-18H,2-6,9-10,14-15H2,1H3. The molecule has 0 radical (unpaired) electrons. The average Bonchev–Trinajstić information content (AvgIpc) is 2.50. The van der Waals surface area contributed by atoms with Crippen molar-refractivity contribution >= 4 is 5.57 Å². The van der Waals surface area contributed by atoms with Crippen LogP contribution in [0.5, 0.6) is 0 Å². The van der Waals surface area contributed by atoms with Crippen LogP contribution in [-0.4, -0.2) is 0 Å². The zero-order valence-corrected chi connectivity index (χ0v) is 12.9. The van der Waals surface area contributed by atoms with Gasteiger partial charge in [0.15, 0.2) is 0 Å². The molecule has 0 saturated heterocycles. The van der Waals surface area contributed by atoms with Gasteiger partial charge in [-0.2, -0.15) is 0 Å². The maximum Gasteiger partial charge on any atom is -0.0228 e. The molecule has 3 rings (SSSR count). The average molecular weight is 268 g/mol. The molecule has 108 valence electrons. The molecule has 0 spiro atoms. The lowest BCUT2D eigenvalue weighted by Crippen LogP contribution is -2.14. The fourth-order valence-electron chi connectivity index (χ4n) is 4.03. The highest BCUT2D eigenvalue weighted by atomic mass is 14.3. The maximum atomic E-state index is 2.53. The van der Waals surface area contributed by atoms with Gasteiger partial charge in [-0.3, -0.25) is 0 Å². The third-order valence-corrected chi connectivity index (χ3v) is 5.33. The molecule has 0 heteroatoms. The summed E-state index contributed by atoms with van der Waals surface area (Å²) in [7, 11) is 0. The Kier molecular flexibility index (Phi) is 4.60. The molecule has 0 aromatic heterocycles. The van der Waals surface area contributed by atoms with Gasteiger partial charge >= 0.3 is 0 Å². The van der Waals surface area contributed by atoms with Crippen LogP contribution in [0.15, 0.2) is 30.3 Å². The molecule has 0 aliphatic heterocycles. The summed E-state index contributed by atoms with van der Waals surface area (Å²) >= 11 is 0. The van der Waals surface area contributed by atoms with Crippen LogP contribution < -0.4 is 0 Å². The van der Waals surface area contributed by atoms with Crippen molar-refractivity contribution in [1.82, 2.24) is 0 Å². The van der Waals surface area contributed by atoms with E-state index in [9.17, 15) is 0 Å². The molecule has 1 saturated carbocycles. The highest BCUT2D eigenvalue weighted by molar-refractivity contribution is 5.66. The van der Waals surface area contributed by atoms with Gasteiger partial charge in [-0.25, -0.2) is 0 Å². The second-order valence-corrected chi connectivity index (χ2v) is 6.98. The first-order valence-electron chi connectivity index (χ1n) is 8.57. The highest BCUT2D eigenvalue weighted by Crippen LogP contribution is 2.37. The summed E-state index contributed by atoms with van der Waals surface area (Å²) in [5, 5.41) is 0. The lowest BCUT2D eigenvalue weighted by molar-refractivity contribution is 0.278. The Balaban J connectivity index is 1.55. The van der Waals surface area contributed by atoms with E-state index in [0.717, 1.165) is 11.8 Å². The summed E-state index contributed by atoms with van der Waals surface area (Å²) in [6.45, 7) is 2.17. The summed E-state index contributed by atoms with van der Waals surface area (Å²) in [4.78, 5) is 0. The molecule has 2 aliphatic carbocycles. The number of rotatable bonds is 3. The lowest BCUT2D eigenvalue weighted by Gasteiger charge is -2.28. The zero-order valence-electron chi connectivity index (χ0n) is 12.9. The van der Waals surface area contributed by atoms with Crippen LogP contribution in [0.25, 0.3) is 5.57 Å². The maximum absolute atomic E-state index is 2.53. The van der Waals surface area contributed by atoms with E-state index in [-0.39, 0.29) is 0 Å². The molecule has 0 bridgehead atoms. The normalized spacial score (nSPS) is 24.4. The molecule has 20 heavy (non-hydrogen) atoms. The van der Waals surface area contributed by atoms with Crippen LogP contribution in [0, 0.1) is 18.8 Å². The summed E-state index contributed by atoms with van der Waals surface area (Å²) in [6.07, 6.45) is 15.5.